The smallest absolute Gasteiger partial charge is 0.153 e. The maximum Gasteiger partial charge on any atom is 0.153 e. The van der Waals surface area contributed by atoms with Crippen molar-refractivity contribution >= 4 is 23.0 Å². The zero-order valence-corrected chi connectivity index (χ0v) is 28.6. The number of nitrogens with zero attached hydrogens (tertiary/aromatic N) is 4. The first-order valence-corrected chi connectivity index (χ1v) is 17.6. The van der Waals surface area contributed by atoms with Crippen molar-refractivity contribution in [3.05, 3.63) is 114 Å². The molecule has 8 heteroatoms. The first-order valence-electron chi connectivity index (χ1n) is 17.6. The molecule has 1 aliphatic carbocycles. The number of benzene rings is 3. The van der Waals surface area contributed by atoms with Crippen molar-refractivity contribution in [1.82, 2.24) is 19.8 Å². The molecule has 1 N–H and O–H groups in total. The molecular weight excluding hydrogens is 610 g/mol. The summed E-state index contributed by atoms with van der Waals surface area (Å²) in [5.74, 6) is 2.57. The number of carbonyl (C=O) groups excluding carboxylic acids is 1. The molecule has 3 aliphatic rings. The summed E-state index contributed by atoms with van der Waals surface area (Å²) in [7, 11) is 1.72. The van der Waals surface area contributed by atoms with E-state index in [1.165, 1.54) is 29.5 Å². The summed E-state index contributed by atoms with van der Waals surface area (Å²) in [6.07, 6.45) is 6.86. The molecular formula is C41H45N5O3. The zero-order chi connectivity index (χ0) is 33.5. The lowest BCUT2D eigenvalue weighted by Gasteiger charge is -2.63. The second-order valence-corrected chi connectivity index (χ2v) is 14.6. The van der Waals surface area contributed by atoms with Gasteiger partial charge in [-0.3, -0.25) is 14.6 Å². The van der Waals surface area contributed by atoms with Crippen molar-refractivity contribution in [2.75, 3.05) is 44.7 Å². The number of carbonyl (C=O) groups is 1. The van der Waals surface area contributed by atoms with E-state index in [9.17, 15) is 4.79 Å². The summed E-state index contributed by atoms with van der Waals surface area (Å²) in [6, 6.07) is 28.4. The molecule has 49 heavy (non-hydrogen) atoms. The Morgan fingerprint density at radius 3 is 2.57 bits per heavy atom. The molecule has 4 heterocycles. The summed E-state index contributed by atoms with van der Waals surface area (Å²) < 4.78 is 11.6. The number of anilines is 1. The predicted molar refractivity (Wildman–Crippen MR) is 194 cm³/mol. The van der Waals surface area contributed by atoms with Crippen LogP contribution in [0, 0.1) is 5.41 Å². The number of nitrogens with one attached hydrogen (secondary N) is 1. The van der Waals surface area contributed by atoms with Gasteiger partial charge in [0.1, 0.15) is 22.9 Å². The highest BCUT2D eigenvalue weighted by molar-refractivity contribution is 5.82. The van der Waals surface area contributed by atoms with E-state index >= 15 is 0 Å². The number of pyridine rings is 1. The van der Waals surface area contributed by atoms with E-state index in [4.69, 9.17) is 9.47 Å². The van der Waals surface area contributed by atoms with Gasteiger partial charge in [0.05, 0.1) is 18.9 Å². The maximum atomic E-state index is 11.9. The predicted octanol–water partition coefficient (Wildman–Crippen LogP) is 7.83. The molecule has 1 saturated carbocycles. The molecule has 5 aromatic rings. The van der Waals surface area contributed by atoms with Crippen LogP contribution in [0.4, 0.5) is 5.69 Å². The van der Waals surface area contributed by atoms with Crippen molar-refractivity contribution in [2.24, 2.45) is 5.41 Å². The number of methoxy groups -OCH3 is 1. The van der Waals surface area contributed by atoms with Gasteiger partial charge in [0, 0.05) is 80.1 Å². The van der Waals surface area contributed by atoms with Crippen LogP contribution in [0.15, 0.2) is 91.3 Å². The monoisotopic (exact) mass is 655 g/mol. The molecule has 0 bridgehead atoms. The number of aldehydes is 1. The lowest BCUT2D eigenvalue weighted by molar-refractivity contribution is -0.0647. The highest BCUT2D eigenvalue weighted by Crippen LogP contribution is 2.53. The third-order valence-corrected chi connectivity index (χ3v) is 11.0. The topological polar surface area (TPSA) is 73.9 Å². The number of fused-ring (bicyclic) bond motifs is 1. The Hall–Kier alpha value is -4.66. The Morgan fingerprint density at radius 2 is 1.80 bits per heavy atom. The summed E-state index contributed by atoms with van der Waals surface area (Å²) in [5, 5.41) is 0.971. The molecule has 252 valence electrons. The van der Waals surface area contributed by atoms with Gasteiger partial charge in [-0.05, 0) is 71.8 Å². The molecule has 1 spiro atoms. The zero-order valence-electron chi connectivity index (χ0n) is 28.6. The largest absolute Gasteiger partial charge is 0.497 e. The minimum Gasteiger partial charge on any atom is -0.497 e. The number of ether oxygens (including phenoxy) is 2. The molecule has 0 amide bonds. The maximum absolute atomic E-state index is 11.9. The van der Waals surface area contributed by atoms with Crippen molar-refractivity contribution in [3.8, 4) is 17.2 Å². The van der Waals surface area contributed by atoms with E-state index in [2.05, 4.69) is 87.0 Å². The van der Waals surface area contributed by atoms with Crippen molar-refractivity contribution in [3.63, 3.8) is 0 Å². The third-order valence-electron chi connectivity index (χ3n) is 11.0. The van der Waals surface area contributed by atoms with Gasteiger partial charge < -0.3 is 19.4 Å². The fourth-order valence-corrected chi connectivity index (χ4v) is 8.43. The fourth-order valence-electron chi connectivity index (χ4n) is 8.43. The molecule has 1 atom stereocenters. The van der Waals surface area contributed by atoms with Gasteiger partial charge in [-0.15, -0.1) is 0 Å². The minimum absolute atomic E-state index is 0.348. The van der Waals surface area contributed by atoms with Gasteiger partial charge in [-0.2, -0.15) is 0 Å². The SMILES string of the molecule is COc1ccc(CN2CCN(C3CC4(C3)CN(c3ccc(C=O)c(Oc5cnc6[nH]ccc6c5)c3)C4)C(c3ccccc3C(C)C)C2)cc1. The minimum atomic E-state index is 0.348. The molecule has 2 saturated heterocycles. The number of aromatic amines is 1. The highest BCUT2D eigenvalue weighted by Gasteiger charge is 2.55. The van der Waals surface area contributed by atoms with Gasteiger partial charge in [-0.1, -0.05) is 50.2 Å². The van der Waals surface area contributed by atoms with E-state index in [-0.39, 0.29) is 0 Å². The number of hydrogen-bond donors (Lipinski definition) is 1. The second kappa shape index (κ2) is 13.0. The normalized spacial score (nSPS) is 19.6. The standard InChI is InChI=1S/C41H45N5O3/c1-28(2)36-6-4-5-7-37(36)38-24-44(23-29-8-12-34(48-3)13-9-29)16-17-46(38)33-20-41(21-33)26-45(27-41)32-11-10-31(25-47)39(19-32)49-35-18-30-14-15-42-40(30)43-22-35/h4-15,18-19,22,25,28,33,38H,16-17,20-21,23-24,26-27H2,1-3H3,(H,42,43). The van der Waals surface area contributed by atoms with Crippen LogP contribution in [0.5, 0.6) is 17.2 Å². The Balaban J connectivity index is 0.951. The summed E-state index contributed by atoms with van der Waals surface area (Å²) >= 11 is 0. The quantitative estimate of drug-likeness (QED) is 0.154. The van der Waals surface area contributed by atoms with Gasteiger partial charge in [0.2, 0.25) is 0 Å². The first kappa shape index (κ1) is 31.6. The Bertz CT molecular complexity index is 1940. The lowest BCUT2D eigenvalue weighted by Crippen LogP contribution is -2.68. The summed E-state index contributed by atoms with van der Waals surface area (Å²) in [5.41, 5.74) is 7.08. The van der Waals surface area contributed by atoms with E-state index in [0.717, 1.165) is 68.0 Å². The summed E-state index contributed by atoms with van der Waals surface area (Å²) in [6.45, 7) is 10.8. The van der Waals surface area contributed by atoms with Crippen molar-refractivity contribution in [2.45, 2.75) is 51.2 Å². The van der Waals surface area contributed by atoms with Crippen molar-refractivity contribution < 1.29 is 14.3 Å². The Morgan fingerprint density at radius 1 is 0.980 bits per heavy atom. The van der Waals surface area contributed by atoms with E-state index in [1.807, 2.05) is 36.5 Å². The molecule has 2 aliphatic heterocycles. The first-order chi connectivity index (χ1) is 23.9. The molecule has 8 rings (SSSR count). The van der Waals surface area contributed by atoms with Gasteiger partial charge in [-0.25, -0.2) is 4.98 Å². The van der Waals surface area contributed by atoms with Crippen LogP contribution >= 0.6 is 0 Å². The van der Waals surface area contributed by atoms with Crippen LogP contribution in [0.3, 0.4) is 0 Å². The molecule has 0 radical (unpaired) electrons. The van der Waals surface area contributed by atoms with E-state index in [0.29, 0.717) is 40.5 Å². The highest BCUT2D eigenvalue weighted by atomic mass is 16.5. The van der Waals surface area contributed by atoms with Gasteiger partial charge >= 0.3 is 0 Å². The van der Waals surface area contributed by atoms with E-state index < -0.39 is 0 Å². The van der Waals surface area contributed by atoms with Crippen LogP contribution in [0.25, 0.3) is 11.0 Å². The van der Waals surface area contributed by atoms with E-state index in [1.54, 1.807) is 13.3 Å². The number of rotatable bonds is 10. The van der Waals surface area contributed by atoms with Gasteiger partial charge in [0.25, 0.3) is 0 Å². The number of hydrogen-bond acceptors (Lipinski definition) is 7. The fraction of sp³-hybridized carbons (Fsp3) is 0.366. The van der Waals surface area contributed by atoms with Crippen LogP contribution in [0.1, 0.15) is 65.7 Å². The number of piperazine rings is 1. The van der Waals surface area contributed by atoms with Crippen LogP contribution in [0.2, 0.25) is 0 Å². The Kier molecular flexibility index (Phi) is 8.38. The van der Waals surface area contributed by atoms with Crippen LogP contribution in [-0.2, 0) is 6.54 Å². The van der Waals surface area contributed by atoms with Crippen LogP contribution < -0.4 is 14.4 Å². The van der Waals surface area contributed by atoms with Crippen LogP contribution in [-0.4, -0.2) is 71.9 Å². The lowest BCUT2D eigenvalue weighted by atomic mass is 9.59. The second-order valence-electron chi connectivity index (χ2n) is 14.6. The van der Waals surface area contributed by atoms with Gasteiger partial charge in [0.15, 0.2) is 6.29 Å². The summed E-state index contributed by atoms with van der Waals surface area (Å²) in [4.78, 5) is 27.3. The molecule has 3 fully saturated rings. The average molecular weight is 656 g/mol. The molecule has 1 unspecified atom stereocenters. The molecule has 8 nitrogen and oxygen atoms in total. The number of H-pyrrole nitrogens is 1. The van der Waals surface area contributed by atoms with Crippen molar-refractivity contribution in [1.29, 1.82) is 0 Å². The average Bonchev–Trinajstić information content (AvgIpc) is 3.56. The third kappa shape index (κ3) is 6.20. The molecule has 3 aromatic carbocycles. The molecule has 2 aromatic heterocycles. The number of aromatic nitrogens is 2. The Labute approximate surface area is 288 Å².